The first-order chi connectivity index (χ1) is 7.27. The number of nitrogens with one attached hydrogen (secondary N) is 1. The summed E-state index contributed by atoms with van der Waals surface area (Å²) in [6.45, 7) is 0.417. The van der Waals surface area contributed by atoms with Gasteiger partial charge in [0, 0.05) is 0 Å². The Labute approximate surface area is 96.2 Å². The van der Waals surface area contributed by atoms with Crippen LogP contribution in [0.15, 0.2) is 29.1 Å². The second-order valence-electron chi connectivity index (χ2n) is 2.80. The highest BCUT2D eigenvalue weighted by Gasteiger charge is 2.05. The maximum atomic E-state index is 5.96. The SMILES string of the molecule is Clc1cccc(Cl)c1NCc1ncon1. The minimum absolute atomic E-state index is 0.417. The smallest absolute Gasteiger partial charge is 0.213 e. The Kier molecular flexibility index (Phi) is 3.08. The summed E-state index contributed by atoms with van der Waals surface area (Å²) in [6.07, 6.45) is 1.27. The topological polar surface area (TPSA) is 51.0 Å². The molecule has 15 heavy (non-hydrogen) atoms. The molecule has 2 aromatic rings. The molecular weight excluding hydrogens is 237 g/mol. The molecule has 1 heterocycles. The number of nitrogens with zero attached hydrogens (tertiary/aromatic N) is 2. The third-order valence-corrected chi connectivity index (χ3v) is 2.42. The maximum Gasteiger partial charge on any atom is 0.213 e. The second-order valence-corrected chi connectivity index (χ2v) is 3.61. The molecular formula is C9H7Cl2N3O. The molecule has 0 radical (unpaired) electrons. The molecule has 1 aromatic heterocycles. The van der Waals surface area contributed by atoms with Crippen molar-refractivity contribution in [3.8, 4) is 0 Å². The normalized spacial score (nSPS) is 10.3. The Morgan fingerprint density at radius 3 is 2.60 bits per heavy atom. The van der Waals surface area contributed by atoms with Crippen molar-refractivity contribution in [2.24, 2.45) is 0 Å². The van der Waals surface area contributed by atoms with Gasteiger partial charge in [-0.3, -0.25) is 0 Å². The quantitative estimate of drug-likeness (QED) is 0.901. The first-order valence-corrected chi connectivity index (χ1v) is 4.96. The molecule has 0 aliphatic carbocycles. The van der Waals surface area contributed by atoms with E-state index in [1.165, 1.54) is 6.39 Å². The van der Waals surface area contributed by atoms with Crippen molar-refractivity contribution in [2.75, 3.05) is 5.32 Å². The van der Waals surface area contributed by atoms with E-state index < -0.39 is 0 Å². The molecule has 0 atom stereocenters. The van der Waals surface area contributed by atoms with Gasteiger partial charge in [-0.25, -0.2) is 0 Å². The van der Waals surface area contributed by atoms with E-state index in [4.69, 9.17) is 23.2 Å². The van der Waals surface area contributed by atoms with Crippen LogP contribution < -0.4 is 5.32 Å². The summed E-state index contributed by atoms with van der Waals surface area (Å²) in [5.41, 5.74) is 0.672. The van der Waals surface area contributed by atoms with E-state index >= 15 is 0 Å². The lowest BCUT2D eigenvalue weighted by Gasteiger charge is -2.07. The molecule has 1 aromatic carbocycles. The number of aromatic nitrogens is 2. The summed E-state index contributed by atoms with van der Waals surface area (Å²) >= 11 is 11.9. The minimum Gasteiger partial charge on any atom is -0.375 e. The van der Waals surface area contributed by atoms with Crippen molar-refractivity contribution in [1.82, 2.24) is 10.1 Å². The van der Waals surface area contributed by atoms with Crippen LogP contribution in [0.25, 0.3) is 0 Å². The van der Waals surface area contributed by atoms with Crippen LogP contribution in [-0.2, 0) is 6.54 Å². The number of anilines is 1. The lowest BCUT2D eigenvalue weighted by atomic mass is 10.3. The van der Waals surface area contributed by atoms with Gasteiger partial charge in [0.15, 0.2) is 5.82 Å². The third kappa shape index (κ3) is 2.40. The van der Waals surface area contributed by atoms with Crippen LogP contribution in [0.3, 0.4) is 0 Å². The maximum absolute atomic E-state index is 5.96. The van der Waals surface area contributed by atoms with Crippen LogP contribution in [0, 0.1) is 0 Å². The van der Waals surface area contributed by atoms with Crippen LogP contribution in [0.4, 0.5) is 5.69 Å². The van der Waals surface area contributed by atoms with Crippen molar-refractivity contribution in [1.29, 1.82) is 0 Å². The summed E-state index contributed by atoms with van der Waals surface area (Å²) in [7, 11) is 0. The largest absolute Gasteiger partial charge is 0.375 e. The Morgan fingerprint density at radius 1 is 1.27 bits per heavy atom. The zero-order valence-corrected chi connectivity index (χ0v) is 9.09. The van der Waals surface area contributed by atoms with E-state index in [1.54, 1.807) is 18.2 Å². The van der Waals surface area contributed by atoms with E-state index in [2.05, 4.69) is 20.0 Å². The van der Waals surface area contributed by atoms with Crippen LogP contribution >= 0.6 is 23.2 Å². The summed E-state index contributed by atoms with van der Waals surface area (Å²) in [4.78, 5) is 3.86. The number of halogens is 2. The molecule has 2 rings (SSSR count). The van der Waals surface area contributed by atoms with Gasteiger partial charge in [-0.2, -0.15) is 4.98 Å². The van der Waals surface area contributed by atoms with Crippen molar-refractivity contribution >= 4 is 28.9 Å². The van der Waals surface area contributed by atoms with Crippen LogP contribution in [0.1, 0.15) is 5.82 Å². The Hall–Kier alpha value is -1.26. The first kappa shape index (κ1) is 10.3. The highest BCUT2D eigenvalue weighted by Crippen LogP contribution is 2.29. The predicted octanol–water partition coefficient (Wildman–Crippen LogP) is 2.99. The van der Waals surface area contributed by atoms with E-state index in [9.17, 15) is 0 Å². The summed E-state index contributed by atoms with van der Waals surface area (Å²) in [5, 5.41) is 7.81. The monoisotopic (exact) mass is 243 g/mol. The van der Waals surface area contributed by atoms with Gasteiger partial charge >= 0.3 is 0 Å². The highest BCUT2D eigenvalue weighted by atomic mass is 35.5. The van der Waals surface area contributed by atoms with Crippen LogP contribution in [-0.4, -0.2) is 10.1 Å². The van der Waals surface area contributed by atoms with E-state index in [-0.39, 0.29) is 0 Å². The lowest BCUT2D eigenvalue weighted by Crippen LogP contribution is -2.02. The molecule has 0 spiro atoms. The van der Waals surface area contributed by atoms with Gasteiger partial charge in [0.25, 0.3) is 0 Å². The van der Waals surface area contributed by atoms with Gasteiger partial charge in [-0.1, -0.05) is 34.4 Å². The van der Waals surface area contributed by atoms with Gasteiger partial charge in [0.05, 0.1) is 22.3 Å². The van der Waals surface area contributed by atoms with Gasteiger partial charge in [-0.05, 0) is 12.1 Å². The fourth-order valence-corrected chi connectivity index (χ4v) is 1.64. The number of benzene rings is 1. The molecule has 0 saturated heterocycles. The molecule has 0 saturated carbocycles. The fraction of sp³-hybridized carbons (Fsp3) is 0.111. The number of hydrogen-bond donors (Lipinski definition) is 1. The van der Waals surface area contributed by atoms with Gasteiger partial charge in [0.2, 0.25) is 6.39 Å². The molecule has 0 fully saturated rings. The molecule has 0 bridgehead atoms. The van der Waals surface area contributed by atoms with Crippen molar-refractivity contribution in [2.45, 2.75) is 6.54 Å². The number of rotatable bonds is 3. The summed E-state index contributed by atoms with van der Waals surface area (Å²) < 4.78 is 4.60. The molecule has 0 amide bonds. The molecule has 0 unspecified atom stereocenters. The van der Waals surface area contributed by atoms with Gasteiger partial charge in [-0.15, -0.1) is 0 Å². The Morgan fingerprint density at radius 2 is 2.00 bits per heavy atom. The predicted molar refractivity (Wildman–Crippen MR) is 58.1 cm³/mol. The fourth-order valence-electron chi connectivity index (χ4n) is 1.10. The zero-order valence-electron chi connectivity index (χ0n) is 7.58. The number of hydrogen-bond acceptors (Lipinski definition) is 4. The number of para-hydroxylation sites is 1. The molecule has 78 valence electrons. The standard InChI is InChI=1S/C9H7Cl2N3O/c10-6-2-1-3-7(11)9(6)12-4-8-13-5-15-14-8/h1-3,5,12H,4H2. The van der Waals surface area contributed by atoms with Crippen molar-refractivity contribution in [3.63, 3.8) is 0 Å². The van der Waals surface area contributed by atoms with Crippen molar-refractivity contribution < 1.29 is 4.52 Å². The first-order valence-electron chi connectivity index (χ1n) is 4.20. The minimum atomic E-state index is 0.417. The van der Waals surface area contributed by atoms with Crippen LogP contribution in [0.2, 0.25) is 10.0 Å². The Balaban J connectivity index is 2.11. The van der Waals surface area contributed by atoms with Gasteiger partial charge in [0.1, 0.15) is 0 Å². The highest BCUT2D eigenvalue weighted by molar-refractivity contribution is 6.39. The zero-order chi connectivity index (χ0) is 10.7. The third-order valence-electron chi connectivity index (χ3n) is 1.79. The van der Waals surface area contributed by atoms with E-state index in [0.717, 1.165) is 0 Å². The molecule has 0 aliphatic rings. The van der Waals surface area contributed by atoms with E-state index in [1.807, 2.05) is 0 Å². The van der Waals surface area contributed by atoms with Gasteiger partial charge < -0.3 is 9.84 Å². The lowest BCUT2D eigenvalue weighted by molar-refractivity contribution is 0.411. The average Bonchev–Trinajstić information content (AvgIpc) is 2.70. The Bertz CT molecular complexity index is 424. The van der Waals surface area contributed by atoms with E-state index in [0.29, 0.717) is 28.1 Å². The molecule has 1 N–H and O–H groups in total. The second kappa shape index (κ2) is 4.51. The molecule has 0 aliphatic heterocycles. The average molecular weight is 244 g/mol. The van der Waals surface area contributed by atoms with Crippen molar-refractivity contribution in [3.05, 3.63) is 40.5 Å². The molecule has 6 heteroatoms. The summed E-state index contributed by atoms with van der Waals surface area (Å²) in [5.74, 6) is 0.547. The summed E-state index contributed by atoms with van der Waals surface area (Å²) in [6, 6.07) is 5.29. The molecule has 4 nitrogen and oxygen atoms in total. The van der Waals surface area contributed by atoms with Crippen LogP contribution in [0.5, 0.6) is 0 Å².